The highest BCUT2D eigenvalue weighted by Crippen LogP contribution is 2.29. The van der Waals surface area contributed by atoms with Crippen LogP contribution in [0.3, 0.4) is 0 Å². The molecule has 1 N–H and O–H groups in total. The maximum absolute atomic E-state index is 11.6. The fourth-order valence-corrected chi connectivity index (χ4v) is 1.99. The van der Waals surface area contributed by atoms with Gasteiger partial charge in [-0.25, -0.2) is 0 Å². The summed E-state index contributed by atoms with van der Waals surface area (Å²) >= 11 is 0. The summed E-state index contributed by atoms with van der Waals surface area (Å²) in [6.07, 6.45) is 3.05. The average molecular weight is 305 g/mol. The van der Waals surface area contributed by atoms with E-state index in [1.54, 1.807) is 54.9 Å². The van der Waals surface area contributed by atoms with Crippen LogP contribution in [0.4, 0.5) is 5.69 Å². The number of aromatic nitrogens is 3. The first-order valence-electron chi connectivity index (χ1n) is 6.78. The highest BCUT2D eigenvalue weighted by atomic mass is 16.4. The summed E-state index contributed by atoms with van der Waals surface area (Å²) in [7, 11) is 0. The molecule has 0 saturated carbocycles. The van der Waals surface area contributed by atoms with Crippen molar-refractivity contribution in [3.63, 3.8) is 0 Å². The van der Waals surface area contributed by atoms with E-state index in [1.165, 1.54) is 0 Å². The van der Waals surface area contributed by atoms with Gasteiger partial charge in [0.15, 0.2) is 0 Å². The summed E-state index contributed by atoms with van der Waals surface area (Å²) in [5.41, 5.74) is 1.86. The molecule has 3 rings (SSSR count). The van der Waals surface area contributed by atoms with Gasteiger partial charge in [0.2, 0.25) is 17.7 Å². The maximum Gasteiger partial charge on any atom is 0.250 e. The second-order valence-electron chi connectivity index (χ2n) is 4.58. The summed E-state index contributed by atoms with van der Waals surface area (Å²) in [5, 5.41) is 19.3. The molecule has 0 atom stereocenters. The van der Waals surface area contributed by atoms with Crippen LogP contribution in [0.2, 0.25) is 0 Å². The topological polar surface area (TPSA) is 105 Å². The Bertz CT molecular complexity index is 867. The maximum atomic E-state index is 11.6. The molecule has 0 aliphatic rings. The number of amides is 1. The predicted molar refractivity (Wildman–Crippen MR) is 81.8 cm³/mol. The molecule has 0 aliphatic heterocycles. The molecule has 1 amide bonds. The molecular formula is C16H11N5O2. The number of nitriles is 1. The molecule has 0 aliphatic carbocycles. The van der Waals surface area contributed by atoms with Gasteiger partial charge >= 0.3 is 0 Å². The van der Waals surface area contributed by atoms with E-state index in [4.69, 9.17) is 9.68 Å². The van der Waals surface area contributed by atoms with Crippen molar-refractivity contribution < 1.29 is 9.21 Å². The zero-order valence-corrected chi connectivity index (χ0v) is 11.9. The Morgan fingerprint density at radius 2 is 1.87 bits per heavy atom. The predicted octanol–water partition coefficient (Wildman–Crippen LogP) is 2.65. The van der Waals surface area contributed by atoms with Crippen molar-refractivity contribution in [3.8, 4) is 29.0 Å². The van der Waals surface area contributed by atoms with Crippen molar-refractivity contribution in [2.45, 2.75) is 6.42 Å². The minimum atomic E-state index is -0.395. The van der Waals surface area contributed by atoms with Crippen molar-refractivity contribution in [3.05, 3.63) is 48.8 Å². The number of pyridine rings is 1. The monoisotopic (exact) mass is 305 g/mol. The van der Waals surface area contributed by atoms with E-state index in [9.17, 15) is 4.79 Å². The first kappa shape index (κ1) is 14.4. The van der Waals surface area contributed by atoms with E-state index in [-0.39, 0.29) is 12.3 Å². The van der Waals surface area contributed by atoms with Crippen LogP contribution in [0.1, 0.15) is 6.42 Å². The molecule has 112 valence electrons. The highest BCUT2D eigenvalue weighted by Gasteiger charge is 2.14. The number of nitrogens with zero attached hydrogens (tertiary/aromatic N) is 4. The van der Waals surface area contributed by atoms with E-state index >= 15 is 0 Å². The van der Waals surface area contributed by atoms with E-state index in [2.05, 4.69) is 20.5 Å². The van der Waals surface area contributed by atoms with Crippen LogP contribution in [0.15, 0.2) is 53.2 Å². The summed E-state index contributed by atoms with van der Waals surface area (Å²) in [6.45, 7) is 0. The lowest BCUT2D eigenvalue weighted by Gasteiger charge is -2.06. The average Bonchev–Trinajstić information content (AvgIpc) is 3.06. The van der Waals surface area contributed by atoms with Crippen LogP contribution < -0.4 is 5.32 Å². The lowest BCUT2D eigenvalue weighted by Crippen LogP contribution is -2.10. The summed E-state index contributed by atoms with van der Waals surface area (Å²) < 4.78 is 5.67. The van der Waals surface area contributed by atoms with Crippen LogP contribution in [-0.4, -0.2) is 21.1 Å². The van der Waals surface area contributed by atoms with Crippen LogP contribution in [0.25, 0.3) is 22.9 Å². The summed E-state index contributed by atoms with van der Waals surface area (Å²) in [4.78, 5) is 15.6. The number of hydrogen-bond acceptors (Lipinski definition) is 6. The standard InChI is InChI=1S/C16H11N5O2/c17-8-5-14(22)19-13-4-2-1-3-12(13)16-21-20-15(23-16)11-6-9-18-10-7-11/h1-4,6-7,9-10H,5H2,(H,19,22). The number of carbonyl (C=O) groups excluding carboxylic acids is 1. The van der Waals surface area contributed by atoms with Gasteiger partial charge in [-0.1, -0.05) is 12.1 Å². The summed E-state index contributed by atoms with van der Waals surface area (Å²) in [5.74, 6) is 0.249. The molecule has 0 spiro atoms. The number of hydrogen-bond donors (Lipinski definition) is 1. The second-order valence-corrected chi connectivity index (χ2v) is 4.58. The van der Waals surface area contributed by atoms with Crippen LogP contribution in [0.5, 0.6) is 0 Å². The molecule has 0 radical (unpaired) electrons. The van der Waals surface area contributed by atoms with Crippen LogP contribution >= 0.6 is 0 Å². The molecule has 7 nitrogen and oxygen atoms in total. The number of rotatable bonds is 4. The minimum Gasteiger partial charge on any atom is -0.416 e. The molecule has 7 heteroatoms. The third kappa shape index (κ3) is 3.22. The van der Waals surface area contributed by atoms with Crippen LogP contribution in [-0.2, 0) is 4.79 Å². The Morgan fingerprint density at radius 1 is 1.13 bits per heavy atom. The van der Waals surface area contributed by atoms with Gasteiger partial charge in [0.25, 0.3) is 0 Å². The van der Waals surface area contributed by atoms with E-state index in [0.717, 1.165) is 5.56 Å². The van der Waals surface area contributed by atoms with Gasteiger partial charge in [-0.15, -0.1) is 10.2 Å². The van der Waals surface area contributed by atoms with Gasteiger partial charge < -0.3 is 9.73 Å². The molecule has 2 aromatic heterocycles. The van der Waals surface area contributed by atoms with E-state index < -0.39 is 5.91 Å². The van der Waals surface area contributed by atoms with Crippen molar-refractivity contribution in [1.29, 1.82) is 5.26 Å². The zero-order chi connectivity index (χ0) is 16.1. The number of benzene rings is 1. The Hall–Kier alpha value is -3.53. The fourth-order valence-electron chi connectivity index (χ4n) is 1.99. The summed E-state index contributed by atoms with van der Waals surface area (Å²) in [6, 6.07) is 12.4. The number of nitrogens with one attached hydrogen (secondary N) is 1. The molecule has 23 heavy (non-hydrogen) atoms. The van der Waals surface area contributed by atoms with Crippen molar-refractivity contribution in [2.75, 3.05) is 5.32 Å². The first-order chi connectivity index (χ1) is 11.3. The third-order valence-electron chi connectivity index (χ3n) is 3.02. The Morgan fingerprint density at radius 3 is 2.65 bits per heavy atom. The van der Waals surface area contributed by atoms with E-state index in [0.29, 0.717) is 17.1 Å². The van der Waals surface area contributed by atoms with Crippen molar-refractivity contribution >= 4 is 11.6 Å². The van der Waals surface area contributed by atoms with E-state index in [1.807, 2.05) is 0 Å². The normalized spacial score (nSPS) is 10.0. The van der Waals surface area contributed by atoms with Gasteiger partial charge in [0.05, 0.1) is 17.3 Å². The molecular weight excluding hydrogens is 294 g/mol. The molecule has 0 bridgehead atoms. The molecule has 0 unspecified atom stereocenters. The SMILES string of the molecule is N#CCC(=O)Nc1ccccc1-c1nnc(-c2ccncc2)o1. The number of carbonyl (C=O) groups is 1. The lowest BCUT2D eigenvalue weighted by atomic mass is 10.1. The molecule has 0 saturated heterocycles. The first-order valence-corrected chi connectivity index (χ1v) is 6.78. The Labute approximate surface area is 131 Å². The molecule has 2 heterocycles. The van der Waals surface area contributed by atoms with Crippen LogP contribution in [0, 0.1) is 11.3 Å². The second kappa shape index (κ2) is 6.49. The van der Waals surface area contributed by atoms with Gasteiger partial charge in [-0.05, 0) is 24.3 Å². The number of anilines is 1. The third-order valence-corrected chi connectivity index (χ3v) is 3.02. The highest BCUT2D eigenvalue weighted by molar-refractivity contribution is 5.95. The van der Waals surface area contributed by atoms with Crippen molar-refractivity contribution in [1.82, 2.24) is 15.2 Å². The minimum absolute atomic E-state index is 0.222. The Kier molecular flexibility index (Phi) is 4.07. The van der Waals surface area contributed by atoms with Gasteiger partial charge in [-0.2, -0.15) is 5.26 Å². The van der Waals surface area contributed by atoms with Crippen molar-refractivity contribution in [2.24, 2.45) is 0 Å². The van der Waals surface area contributed by atoms with Gasteiger partial charge in [-0.3, -0.25) is 9.78 Å². The number of para-hydroxylation sites is 1. The van der Waals surface area contributed by atoms with Gasteiger partial charge in [0.1, 0.15) is 6.42 Å². The smallest absolute Gasteiger partial charge is 0.250 e. The lowest BCUT2D eigenvalue weighted by molar-refractivity contribution is -0.115. The molecule has 1 aromatic carbocycles. The van der Waals surface area contributed by atoms with Gasteiger partial charge in [0, 0.05) is 18.0 Å². The largest absolute Gasteiger partial charge is 0.416 e. The fraction of sp³-hybridized carbons (Fsp3) is 0.0625. The Balaban J connectivity index is 1.92. The quantitative estimate of drug-likeness (QED) is 0.794. The molecule has 0 fully saturated rings. The zero-order valence-electron chi connectivity index (χ0n) is 11.9. The molecule has 3 aromatic rings.